The fourth-order valence-electron chi connectivity index (χ4n) is 1.04. The molecule has 4 heteroatoms. The van der Waals surface area contributed by atoms with E-state index < -0.39 is 0 Å². The number of nitrogens with zero attached hydrogens (tertiary/aromatic N) is 2. The number of aromatic nitrogens is 2. The monoisotopic (exact) mass is 165 g/mol. The van der Waals surface area contributed by atoms with Crippen LogP contribution in [0.5, 0.6) is 0 Å². The van der Waals surface area contributed by atoms with Crippen molar-refractivity contribution in [2.24, 2.45) is 13.0 Å². The van der Waals surface area contributed by atoms with E-state index in [0.29, 0.717) is 5.95 Å². The normalized spacial score (nSPS) is 16.1. The summed E-state index contributed by atoms with van der Waals surface area (Å²) in [5.74, 6) is 0.970. The molecular weight excluding hydrogens is 154 g/mol. The van der Waals surface area contributed by atoms with Gasteiger partial charge >= 0.3 is 0 Å². The fraction of sp³-hybridized carbons (Fsp3) is 0.500. The van der Waals surface area contributed by atoms with Gasteiger partial charge in [-0.3, -0.25) is 10.1 Å². The first-order valence-corrected chi connectivity index (χ1v) is 4.05. The van der Waals surface area contributed by atoms with Gasteiger partial charge in [0.05, 0.1) is 0 Å². The Balaban J connectivity index is 2.02. The van der Waals surface area contributed by atoms with E-state index in [1.54, 1.807) is 10.8 Å². The molecule has 1 aromatic rings. The van der Waals surface area contributed by atoms with E-state index in [2.05, 4.69) is 10.3 Å². The van der Waals surface area contributed by atoms with Crippen molar-refractivity contribution in [2.75, 3.05) is 5.32 Å². The quantitative estimate of drug-likeness (QED) is 0.703. The number of hydrogen-bond acceptors (Lipinski definition) is 2. The molecule has 0 atom stereocenters. The summed E-state index contributed by atoms with van der Waals surface area (Å²) in [6, 6.07) is 0. The largest absolute Gasteiger partial charge is 0.320 e. The van der Waals surface area contributed by atoms with Gasteiger partial charge in [0.2, 0.25) is 11.9 Å². The van der Waals surface area contributed by atoms with Crippen molar-refractivity contribution < 1.29 is 4.79 Å². The molecular formula is C8H11N3O. The smallest absolute Gasteiger partial charge is 0.229 e. The Morgan fingerprint density at radius 3 is 3.00 bits per heavy atom. The van der Waals surface area contributed by atoms with Crippen LogP contribution in [0.2, 0.25) is 0 Å². The summed E-state index contributed by atoms with van der Waals surface area (Å²) in [4.78, 5) is 15.3. The van der Waals surface area contributed by atoms with Crippen LogP contribution in [0.25, 0.3) is 0 Å². The third kappa shape index (κ3) is 1.32. The van der Waals surface area contributed by atoms with Crippen molar-refractivity contribution in [3.8, 4) is 0 Å². The minimum Gasteiger partial charge on any atom is -0.320 e. The molecule has 4 nitrogen and oxygen atoms in total. The first-order valence-electron chi connectivity index (χ1n) is 4.05. The van der Waals surface area contributed by atoms with Crippen LogP contribution in [0.4, 0.5) is 5.95 Å². The Hall–Kier alpha value is -1.32. The summed E-state index contributed by atoms with van der Waals surface area (Å²) >= 11 is 0. The number of anilines is 1. The molecule has 0 spiro atoms. The van der Waals surface area contributed by atoms with E-state index in [-0.39, 0.29) is 11.8 Å². The third-order valence-electron chi connectivity index (χ3n) is 2.00. The predicted molar refractivity (Wildman–Crippen MR) is 44.6 cm³/mol. The number of hydrogen-bond donors (Lipinski definition) is 1. The number of aryl methyl sites for hydroxylation is 1. The van der Waals surface area contributed by atoms with E-state index in [1.807, 2.05) is 13.2 Å². The highest BCUT2D eigenvalue weighted by Crippen LogP contribution is 2.29. The van der Waals surface area contributed by atoms with Crippen molar-refractivity contribution in [1.29, 1.82) is 0 Å². The molecule has 1 aromatic heterocycles. The molecule has 1 aliphatic rings. The highest BCUT2D eigenvalue weighted by atomic mass is 16.2. The number of carbonyl (C=O) groups is 1. The van der Waals surface area contributed by atoms with E-state index in [4.69, 9.17) is 0 Å². The number of nitrogens with one attached hydrogen (secondary N) is 1. The van der Waals surface area contributed by atoms with Crippen LogP contribution < -0.4 is 5.32 Å². The van der Waals surface area contributed by atoms with Gasteiger partial charge in [-0.15, -0.1) is 0 Å². The second-order valence-electron chi connectivity index (χ2n) is 3.13. The van der Waals surface area contributed by atoms with Crippen molar-refractivity contribution in [3.05, 3.63) is 12.4 Å². The standard InChI is InChI=1S/C8H11N3O/c1-11-5-4-9-8(11)10-7(12)6-2-3-6/h4-6H,2-3H2,1H3,(H,9,10,12). The van der Waals surface area contributed by atoms with E-state index >= 15 is 0 Å². The minimum atomic E-state index is 0.101. The number of imidazole rings is 1. The van der Waals surface area contributed by atoms with Crippen molar-refractivity contribution in [1.82, 2.24) is 9.55 Å². The first-order chi connectivity index (χ1) is 5.77. The van der Waals surface area contributed by atoms with Gasteiger partial charge < -0.3 is 4.57 Å². The Morgan fingerprint density at radius 1 is 1.75 bits per heavy atom. The number of amides is 1. The van der Waals surface area contributed by atoms with Crippen LogP contribution in [0.15, 0.2) is 12.4 Å². The molecule has 0 bridgehead atoms. The van der Waals surface area contributed by atoms with Crippen molar-refractivity contribution in [3.63, 3.8) is 0 Å². The summed E-state index contributed by atoms with van der Waals surface area (Å²) < 4.78 is 1.79. The molecule has 0 unspecified atom stereocenters. The zero-order valence-corrected chi connectivity index (χ0v) is 6.95. The van der Waals surface area contributed by atoms with Crippen molar-refractivity contribution >= 4 is 11.9 Å². The molecule has 2 rings (SSSR count). The van der Waals surface area contributed by atoms with E-state index in [1.165, 1.54) is 0 Å². The van der Waals surface area contributed by atoms with Crippen LogP contribution in [0.3, 0.4) is 0 Å². The lowest BCUT2D eigenvalue weighted by atomic mass is 10.4. The van der Waals surface area contributed by atoms with Gasteiger partial charge in [-0.2, -0.15) is 0 Å². The van der Waals surface area contributed by atoms with Gasteiger partial charge in [0.15, 0.2) is 0 Å². The second kappa shape index (κ2) is 2.62. The Bertz CT molecular complexity index is 301. The van der Waals surface area contributed by atoms with Crippen molar-refractivity contribution in [2.45, 2.75) is 12.8 Å². The number of rotatable bonds is 2. The molecule has 1 amide bonds. The zero-order valence-electron chi connectivity index (χ0n) is 6.95. The first kappa shape index (κ1) is 7.34. The summed E-state index contributed by atoms with van der Waals surface area (Å²) in [5.41, 5.74) is 0. The lowest BCUT2D eigenvalue weighted by Gasteiger charge is -2.02. The van der Waals surface area contributed by atoms with Gasteiger partial charge in [-0.05, 0) is 12.8 Å². The average molecular weight is 165 g/mol. The highest BCUT2D eigenvalue weighted by Gasteiger charge is 2.30. The molecule has 1 heterocycles. The van der Waals surface area contributed by atoms with Crippen LogP contribution in [0, 0.1) is 5.92 Å². The molecule has 1 N–H and O–H groups in total. The molecule has 1 aliphatic carbocycles. The average Bonchev–Trinajstić information content (AvgIpc) is 2.80. The summed E-state index contributed by atoms with van der Waals surface area (Å²) in [6.45, 7) is 0. The lowest BCUT2D eigenvalue weighted by molar-refractivity contribution is -0.117. The van der Waals surface area contributed by atoms with Gasteiger partial charge in [-0.25, -0.2) is 4.98 Å². The fourth-order valence-corrected chi connectivity index (χ4v) is 1.04. The predicted octanol–water partition coefficient (Wildman–Crippen LogP) is 0.769. The van der Waals surface area contributed by atoms with Crippen LogP contribution in [0.1, 0.15) is 12.8 Å². The van der Waals surface area contributed by atoms with Gasteiger partial charge in [0, 0.05) is 25.4 Å². The Labute approximate surface area is 70.6 Å². The zero-order chi connectivity index (χ0) is 8.55. The highest BCUT2D eigenvalue weighted by molar-refractivity contribution is 5.92. The maximum Gasteiger partial charge on any atom is 0.229 e. The Morgan fingerprint density at radius 2 is 2.50 bits per heavy atom. The third-order valence-corrected chi connectivity index (χ3v) is 2.00. The Kier molecular flexibility index (Phi) is 1.60. The lowest BCUT2D eigenvalue weighted by Crippen LogP contribution is -2.16. The summed E-state index contributed by atoms with van der Waals surface area (Å²) in [7, 11) is 1.86. The molecule has 1 fully saturated rings. The second-order valence-corrected chi connectivity index (χ2v) is 3.13. The van der Waals surface area contributed by atoms with Crippen LogP contribution in [-0.2, 0) is 11.8 Å². The molecule has 1 saturated carbocycles. The molecule has 0 aromatic carbocycles. The topological polar surface area (TPSA) is 46.9 Å². The van der Waals surface area contributed by atoms with Gasteiger partial charge in [-0.1, -0.05) is 0 Å². The molecule has 64 valence electrons. The van der Waals surface area contributed by atoms with Gasteiger partial charge in [0.25, 0.3) is 0 Å². The minimum absolute atomic E-state index is 0.101. The van der Waals surface area contributed by atoms with Crippen LogP contribution >= 0.6 is 0 Å². The molecule has 0 saturated heterocycles. The molecule has 12 heavy (non-hydrogen) atoms. The summed E-state index contributed by atoms with van der Waals surface area (Å²) in [6.07, 6.45) is 5.53. The number of carbonyl (C=O) groups excluding carboxylic acids is 1. The summed E-state index contributed by atoms with van der Waals surface area (Å²) in [5, 5.41) is 2.77. The van der Waals surface area contributed by atoms with E-state index in [0.717, 1.165) is 12.8 Å². The van der Waals surface area contributed by atoms with Crippen LogP contribution in [-0.4, -0.2) is 15.5 Å². The maximum atomic E-state index is 11.3. The molecule has 0 radical (unpaired) electrons. The van der Waals surface area contributed by atoms with Gasteiger partial charge in [0.1, 0.15) is 0 Å². The SMILES string of the molecule is Cn1ccnc1NC(=O)C1CC1. The maximum absolute atomic E-state index is 11.3. The molecule has 0 aliphatic heterocycles. The van der Waals surface area contributed by atoms with E-state index in [9.17, 15) is 4.79 Å².